The zero-order chi connectivity index (χ0) is 14.3. The summed E-state index contributed by atoms with van der Waals surface area (Å²) in [4.78, 5) is 1.51. The number of aromatic hydroxyl groups is 1. The maximum absolute atomic E-state index is 10.2. The molecule has 0 aliphatic rings. The Kier molecular flexibility index (Phi) is 3.37. The highest BCUT2D eigenvalue weighted by Gasteiger charge is 2.11. The van der Waals surface area contributed by atoms with Crippen LogP contribution in [0.2, 0.25) is 0 Å². The van der Waals surface area contributed by atoms with Crippen molar-refractivity contribution < 1.29 is 5.11 Å². The molecule has 0 fully saturated rings. The van der Waals surface area contributed by atoms with E-state index in [9.17, 15) is 5.11 Å². The molecule has 0 bridgehead atoms. The summed E-state index contributed by atoms with van der Waals surface area (Å²) in [5, 5.41) is 19.1. The van der Waals surface area contributed by atoms with E-state index in [1.807, 2.05) is 38.1 Å². The molecule has 0 aliphatic carbocycles. The molecule has 1 heterocycles. The summed E-state index contributed by atoms with van der Waals surface area (Å²) in [6.45, 7) is 3.87. The largest absolute Gasteiger partial charge is 0.505 e. The molecule has 4 nitrogen and oxygen atoms in total. The molecule has 0 amide bonds. The lowest BCUT2D eigenvalue weighted by molar-refractivity contribution is 0.463. The number of benzene rings is 2. The number of phenolic OH excluding ortho intramolecular Hbond substituents is 1. The molecule has 102 valence electrons. The van der Waals surface area contributed by atoms with E-state index in [-0.39, 0.29) is 5.75 Å². The van der Waals surface area contributed by atoms with Gasteiger partial charge >= 0.3 is 0 Å². The fourth-order valence-corrected chi connectivity index (χ4v) is 2.72. The van der Waals surface area contributed by atoms with E-state index in [1.54, 1.807) is 0 Å². The molecule has 20 heavy (non-hydrogen) atoms. The van der Waals surface area contributed by atoms with Gasteiger partial charge in [0.05, 0.1) is 0 Å². The highest BCUT2D eigenvalue weighted by atomic mass is 127. The molecule has 0 aliphatic heterocycles. The van der Waals surface area contributed by atoms with Crippen LogP contribution in [0.5, 0.6) is 5.75 Å². The Morgan fingerprint density at radius 1 is 1.10 bits per heavy atom. The number of phenols is 1. The molecule has 3 aromatic rings. The lowest BCUT2D eigenvalue weighted by Gasteiger charge is -2.07. The Hall–Kier alpha value is -1.63. The van der Waals surface area contributed by atoms with Crippen molar-refractivity contribution in [3.05, 3.63) is 47.0 Å². The maximum Gasteiger partial charge on any atom is 0.146 e. The highest BCUT2D eigenvalue weighted by Crippen LogP contribution is 2.27. The van der Waals surface area contributed by atoms with Gasteiger partial charge in [0.2, 0.25) is 0 Å². The Labute approximate surface area is 130 Å². The number of halogens is 1. The third-order valence-electron chi connectivity index (χ3n) is 3.24. The van der Waals surface area contributed by atoms with Gasteiger partial charge in [0.25, 0.3) is 0 Å². The zero-order valence-electron chi connectivity index (χ0n) is 11.3. The maximum atomic E-state index is 10.2. The first-order valence-corrected chi connectivity index (χ1v) is 7.83. The normalized spacial score (nSPS) is 11.2. The molecule has 5 heteroatoms. The molecule has 0 spiro atoms. The smallest absolute Gasteiger partial charge is 0.146 e. The quantitative estimate of drug-likeness (QED) is 0.546. The molecule has 2 aromatic carbocycles. The number of alkyl halides is 1. The average molecular weight is 379 g/mol. The third-order valence-corrected chi connectivity index (χ3v) is 4.12. The van der Waals surface area contributed by atoms with Crippen LogP contribution in [0.4, 0.5) is 0 Å². The first-order valence-electron chi connectivity index (χ1n) is 6.31. The molecule has 0 radical (unpaired) electrons. The topological polar surface area (TPSA) is 50.9 Å². The Bertz CT molecular complexity index is 795. The van der Waals surface area contributed by atoms with Crippen LogP contribution < -0.4 is 0 Å². The third kappa shape index (κ3) is 2.26. The van der Waals surface area contributed by atoms with Crippen LogP contribution >= 0.6 is 22.6 Å². The van der Waals surface area contributed by atoms with Crippen molar-refractivity contribution in [2.24, 2.45) is 0 Å². The van der Waals surface area contributed by atoms with Crippen molar-refractivity contribution in [2.75, 3.05) is 0 Å². The van der Waals surface area contributed by atoms with Crippen molar-refractivity contribution in [3.8, 4) is 11.4 Å². The number of hydrogen-bond acceptors (Lipinski definition) is 3. The van der Waals surface area contributed by atoms with Crippen molar-refractivity contribution >= 4 is 33.6 Å². The molecule has 1 aromatic heterocycles. The Morgan fingerprint density at radius 3 is 2.60 bits per heavy atom. The molecule has 0 unspecified atom stereocenters. The van der Waals surface area contributed by atoms with Crippen molar-refractivity contribution in [1.82, 2.24) is 15.0 Å². The van der Waals surface area contributed by atoms with E-state index in [0.29, 0.717) is 5.69 Å². The summed E-state index contributed by atoms with van der Waals surface area (Å²) in [5.74, 6) is 0.227. The van der Waals surface area contributed by atoms with Crippen molar-refractivity contribution in [3.63, 3.8) is 0 Å². The second kappa shape index (κ2) is 5.05. The van der Waals surface area contributed by atoms with Gasteiger partial charge in [-0.05, 0) is 48.7 Å². The van der Waals surface area contributed by atoms with E-state index < -0.39 is 0 Å². The Balaban J connectivity index is 2.20. The first-order chi connectivity index (χ1) is 9.58. The Morgan fingerprint density at radius 2 is 1.85 bits per heavy atom. The van der Waals surface area contributed by atoms with E-state index in [4.69, 9.17) is 0 Å². The first kappa shape index (κ1) is 13.4. The highest BCUT2D eigenvalue weighted by molar-refractivity contribution is 14.1. The van der Waals surface area contributed by atoms with Crippen LogP contribution in [-0.4, -0.2) is 20.1 Å². The second-order valence-electron chi connectivity index (χ2n) is 4.90. The van der Waals surface area contributed by atoms with Crippen LogP contribution in [0.3, 0.4) is 0 Å². The molecule has 1 N–H and O–H groups in total. The molecule has 0 saturated heterocycles. The molecule has 0 atom stereocenters. The number of rotatable bonds is 2. The predicted molar refractivity (Wildman–Crippen MR) is 87.7 cm³/mol. The van der Waals surface area contributed by atoms with Gasteiger partial charge in [-0.25, -0.2) is 0 Å². The van der Waals surface area contributed by atoms with Gasteiger partial charge in [-0.2, -0.15) is 0 Å². The second-order valence-corrected chi connectivity index (χ2v) is 5.66. The summed E-state index contributed by atoms with van der Waals surface area (Å²) >= 11 is 2.32. The summed E-state index contributed by atoms with van der Waals surface area (Å²) in [7, 11) is 0. The summed E-state index contributed by atoms with van der Waals surface area (Å²) in [6, 6.07) is 9.88. The van der Waals surface area contributed by atoms with Gasteiger partial charge in [-0.1, -0.05) is 34.7 Å². The molecule has 0 saturated carbocycles. The van der Waals surface area contributed by atoms with E-state index in [1.165, 1.54) is 10.4 Å². The van der Waals surface area contributed by atoms with Crippen LogP contribution in [0, 0.1) is 13.8 Å². The van der Waals surface area contributed by atoms with Crippen molar-refractivity contribution in [2.45, 2.75) is 18.3 Å². The number of fused-ring (bicyclic) bond motifs is 1. The van der Waals surface area contributed by atoms with E-state index in [0.717, 1.165) is 26.6 Å². The summed E-state index contributed by atoms with van der Waals surface area (Å²) < 4.78 is 0.940. The van der Waals surface area contributed by atoms with Gasteiger partial charge in [0, 0.05) is 4.43 Å². The van der Waals surface area contributed by atoms with Crippen LogP contribution in [0.1, 0.15) is 16.7 Å². The number of hydrogen-bond donors (Lipinski definition) is 1. The molecular weight excluding hydrogens is 365 g/mol. The van der Waals surface area contributed by atoms with Crippen LogP contribution in [0.15, 0.2) is 30.3 Å². The van der Waals surface area contributed by atoms with E-state index >= 15 is 0 Å². The molecular formula is C15H14IN3O. The fraction of sp³-hybridized carbons (Fsp3) is 0.200. The van der Waals surface area contributed by atoms with Crippen LogP contribution in [0.25, 0.3) is 16.7 Å². The minimum Gasteiger partial charge on any atom is -0.505 e. The van der Waals surface area contributed by atoms with Gasteiger partial charge < -0.3 is 5.11 Å². The summed E-state index contributed by atoms with van der Waals surface area (Å²) in [5.41, 5.74) is 5.42. The van der Waals surface area contributed by atoms with Crippen LogP contribution in [-0.2, 0) is 4.43 Å². The predicted octanol–water partition coefficient (Wildman–Crippen LogP) is 3.68. The zero-order valence-corrected chi connectivity index (χ0v) is 13.4. The minimum atomic E-state index is 0.227. The SMILES string of the molecule is Cc1cc(C)c(O)c(-n2nc3ccc(CI)cc3n2)c1. The number of nitrogens with zero attached hydrogens (tertiary/aromatic N) is 3. The van der Waals surface area contributed by atoms with Gasteiger partial charge in [-0.15, -0.1) is 15.0 Å². The summed E-state index contributed by atoms with van der Waals surface area (Å²) in [6.07, 6.45) is 0. The lowest BCUT2D eigenvalue weighted by Crippen LogP contribution is -2.00. The average Bonchev–Trinajstić information content (AvgIpc) is 2.85. The number of aromatic nitrogens is 3. The molecule has 3 rings (SSSR count). The van der Waals surface area contributed by atoms with E-state index in [2.05, 4.69) is 38.9 Å². The van der Waals surface area contributed by atoms with Gasteiger partial charge in [0.15, 0.2) is 0 Å². The standard InChI is InChI=1S/C15H14IN3O/c1-9-5-10(2)15(20)14(6-9)19-17-12-4-3-11(8-16)7-13(12)18-19/h3-7,20H,8H2,1-2H3. The lowest BCUT2D eigenvalue weighted by atomic mass is 10.1. The number of aryl methyl sites for hydroxylation is 2. The van der Waals surface area contributed by atoms with Gasteiger partial charge in [-0.3, -0.25) is 0 Å². The minimum absolute atomic E-state index is 0.227. The van der Waals surface area contributed by atoms with Crippen molar-refractivity contribution in [1.29, 1.82) is 0 Å². The fourth-order valence-electron chi connectivity index (χ4n) is 2.24. The monoisotopic (exact) mass is 379 g/mol. The van der Waals surface area contributed by atoms with Gasteiger partial charge in [0.1, 0.15) is 22.5 Å².